The highest BCUT2D eigenvalue weighted by atomic mass is 19.3. The Morgan fingerprint density at radius 2 is 1.07 bits per heavy atom. The van der Waals surface area contributed by atoms with Crippen molar-refractivity contribution in [2.45, 2.75) is 60.3 Å². The van der Waals surface area contributed by atoms with E-state index in [9.17, 15) is 8.78 Å². The third kappa shape index (κ3) is 2.92. The van der Waals surface area contributed by atoms with Crippen LogP contribution in [0.1, 0.15) is 54.4 Å². The monoisotopic (exact) mass is 218 g/mol. The molecule has 0 aliphatic heterocycles. The second-order valence-electron chi connectivity index (χ2n) is 7.21. The van der Waals surface area contributed by atoms with Gasteiger partial charge in [-0.25, -0.2) is 8.78 Å². The lowest BCUT2D eigenvalue weighted by molar-refractivity contribution is -0.00381. The fraction of sp³-hybridized carbons (Fsp3) is 1.00. The van der Waals surface area contributed by atoms with Crippen LogP contribution >= 0.6 is 0 Å². The SMILES string of the molecule is CC(C)(C)C1CC(F)(F)CC1C(C)(C)C. The molecule has 0 bridgehead atoms. The van der Waals surface area contributed by atoms with E-state index in [1.54, 1.807) is 0 Å². The summed E-state index contributed by atoms with van der Waals surface area (Å²) in [5, 5.41) is 0. The molecule has 2 atom stereocenters. The average molecular weight is 218 g/mol. The van der Waals surface area contributed by atoms with Crippen LogP contribution in [0.25, 0.3) is 0 Å². The molecule has 0 aromatic heterocycles. The molecule has 0 nitrogen and oxygen atoms in total. The van der Waals surface area contributed by atoms with Crippen molar-refractivity contribution in [3.05, 3.63) is 0 Å². The van der Waals surface area contributed by atoms with Crippen LogP contribution in [-0.4, -0.2) is 5.92 Å². The molecule has 90 valence electrons. The van der Waals surface area contributed by atoms with Gasteiger partial charge in [0.05, 0.1) is 0 Å². The van der Waals surface area contributed by atoms with Crippen molar-refractivity contribution in [2.75, 3.05) is 0 Å². The first-order valence-corrected chi connectivity index (χ1v) is 5.81. The molecule has 1 aliphatic rings. The van der Waals surface area contributed by atoms with Crippen molar-refractivity contribution in [1.29, 1.82) is 0 Å². The van der Waals surface area contributed by atoms with Crippen molar-refractivity contribution >= 4 is 0 Å². The Morgan fingerprint density at radius 3 is 1.27 bits per heavy atom. The summed E-state index contributed by atoms with van der Waals surface area (Å²) in [4.78, 5) is 0. The van der Waals surface area contributed by atoms with Gasteiger partial charge < -0.3 is 0 Å². The molecule has 1 rings (SSSR count). The second kappa shape index (κ2) is 3.43. The Kier molecular flexibility index (Phi) is 2.95. The van der Waals surface area contributed by atoms with Gasteiger partial charge in [-0.15, -0.1) is 0 Å². The zero-order valence-corrected chi connectivity index (χ0v) is 10.8. The highest BCUT2D eigenvalue weighted by Crippen LogP contribution is 2.55. The maximum atomic E-state index is 13.5. The van der Waals surface area contributed by atoms with Crippen LogP contribution in [-0.2, 0) is 0 Å². The third-order valence-corrected chi connectivity index (χ3v) is 3.75. The van der Waals surface area contributed by atoms with Crippen LogP contribution in [0, 0.1) is 22.7 Å². The summed E-state index contributed by atoms with van der Waals surface area (Å²) >= 11 is 0. The smallest absolute Gasteiger partial charge is 0.207 e. The van der Waals surface area contributed by atoms with E-state index in [-0.39, 0.29) is 35.5 Å². The van der Waals surface area contributed by atoms with Crippen molar-refractivity contribution in [3.63, 3.8) is 0 Å². The summed E-state index contributed by atoms with van der Waals surface area (Å²) in [7, 11) is 0. The van der Waals surface area contributed by atoms with Gasteiger partial charge in [0, 0.05) is 12.8 Å². The Balaban J connectivity index is 2.95. The van der Waals surface area contributed by atoms with Crippen LogP contribution in [0.4, 0.5) is 8.78 Å². The van der Waals surface area contributed by atoms with Crippen LogP contribution in [0.3, 0.4) is 0 Å². The van der Waals surface area contributed by atoms with Gasteiger partial charge in [-0.05, 0) is 22.7 Å². The Labute approximate surface area is 92.4 Å². The molecule has 1 fully saturated rings. The van der Waals surface area contributed by atoms with Crippen LogP contribution in [0.15, 0.2) is 0 Å². The number of hydrogen-bond donors (Lipinski definition) is 0. The normalized spacial score (nSPS) is 32.0. The molecule has 0 radical (unpaired) electrons. The average Bonchev–Trinajstić information content (AvgIpc) is 2.23. The van der Waals surface area contributed by atoms with Crippen molar-refractivity contribution in [3.8, 4) is 0 Å². The number of halogens is 2. The maximum Gasteiger partial charge on any atom is 0.248 e. The van der Waals surface area contributed by atoms with E-state index in [0.29, 0.717) is 0 Å². The van der Waals surface area contributed by atoms with E-state index < -0.39 is 5.92 Å². The molecule has 0 aromatic carbocycles. The first-order valence-electron chi connectivity index (χ1n) is 5.81. The summed E-state index contributed by atoms with van der Waals surface area (Å²) in [6, 6.07) is 0. The van der Waals surface area contributed by atoms with Gasteiger partial charge in [0.15, 0.2) is 0 Å². The van der Waals surface area contributed by atoms with Gasteiger partial charge in [0.2, 0.25) is 5.92 Å². The maximum absolute atomic E-state index is 13.5. The summed E-state index contributed by atoms with van der Waals surface area (Å²) in [5.41, 5.74) is -0.0320. The van der Waals surface area contributed by atoms with Gasteiger partial charge >= 0.3 is 0 Å². The molecule has 1 aliphatic carbocycles. The molecule has 2 heteroatoms. The Bertz CT molecular complexity index is 206. The molecule has 1 saturated carbocycles. The summed E-state index contributed by atoms with van der Waals surface area (Å²) in [5.74, 6) is -2.18. The zero-order valence-electron chi connectivity index (χ0n) is 10.8. The minimum Gasteiger partial charge on any atom is -0.207 e. The van der Waals surface area contributed by atoms with Crippen LogP contribution < -0.4 is 0 Å². The Morgan fingerprint density at radius 1 is 0.800 bits per heavy atom. The van der Waals surface area contributed by atoms with E-state index in [2.05, 4.69) is 41.5 Å². The first kappa shape index (κ1) is 12.9. The number of alkyl halides is 2. The summed E-state index contributed by atoms with van der Waals surface area (Å²) in [6.45, 7) is 12.5. The van der Waals surface area contributed by atoms with Crippen LogP contribution in [0.5, 0.6) is 0 Å². The summed E-state index contributed by atoms with van der Waals surface area (Å²) < 4.78 is 27.0. The minimum atomic E-state index is -2.45. The molecule has 0 spiro atoms. The lowest BCUT2D eigenvalue weighted by Crippen LogP contribution is -2.32. The molecule has 0 saturated heterocycles. The fourth-order valence-corrected chi connectivity index (χ4v) is 2.83. The van der Waals surface area contributed by atoms with Crippen LogP contribution in [0.2, 0.25) is 0 Å². The molecule has 0 amide bonds. The van der Waals surface area contributed by atoms with E-state index in [1.165, 1.54) is 0 Å². The molecule has 0 aromatic rings. The van der Waals surface area contributed by atoms with E-state index in [4.69, 9.17) is 0 Å². The largest absolute Gasteiger partial charge is 0.248 e. The quantitative estimate of drug-likeness (QED) is 0.551. The fourth-order valence-electron chi connectivity index (χ4n) is 2.83. The van der Waals surface area contributed by atoms with Gasteiger partial charge in [-0.1, -0.05) is 41.5 Å². The molecule has 15 heavy (non-hydrogen) atoms. The molecule has 0 N–H and O–H groups in total. The highest BCUT2D eigenvalue weighted by Gasteiger charge is 2.53. The van der Waals surface area contributed by atoms with E-state index in [1.807, 2.05) is 0 Å². The standard InChI is InChI=1S/C13H24F2/c1-11(2,3)9-7-13(14,15)8-10(9)12(4,5)6/h9-10H,7-8H2,1-6H3. The third-order valence-electron chi connectivity index (χ3n) is 3.75. The lowest BCUT2D eigenvalue weighted by atomic mass is 9.66. The molecular weight excluding hydrogens is 194 g/mol. The molecular formula is C13H24F2. The lowest BCUT2D eigenvalue weighted by Gasteiger charge is -2.38. The van der Waals surface area contributed by atoms with Crippen molar-refractivity contribution < 1.29 is 8.78 Å². The number of hydrogen-bond acceptors (Lipinski definition) is 0. The topological polar surface area (TPSA) is 0 Å². The zero-order chi connectivity index (χ0) is 12.1. The van der Waals surface area contributed by atoms with Gasteiger partial charge in [0.25, 0.3) is 0 Å². The summed E-state index contributed by atoms with van der Waals surface area (Å²) in [6.07, 6.45) is 0.136. The van der Waals surface area contributed by atoms with E-state index >= 15 is 0 Å². The van der Waals surface area contributed by atoms with Crippen molar-refractivity contribution in [1.82, 2.24) is 0 Å². The highest BCUT2D eigenvalue weighted by molar-refractivity contribution is 4.97. The van der Waals surface area contributed by atoms with Crippen molar-refractivity contribution in [2.24, 2.45) is 22.7 Å². The van der Waals surface area contributed by atoms with Gasteiger partial charge in [-0.3, -0.25) is 0 Å². The minimum absolute atomic E-state index is 0.0160. The number of rotatable bonds is 0. The van der Waals surface area contributed by atoms with Gasteiger partial charge in [-0.2, -0.15) is 0 Å². The first-order chi connectivity index (χ1) is 6.43. The Hall–Kier alpha value is -0.140. The molecule has 0 heterocycles. The van der Waals surface area contributed by atoms with E-state index in [0.717, 1.165) is 0 Å². The predicted molar refractivity (Wildman–Crippen MR) is 60.1 cm³/mol. The molecule has 2 unspecified atom stereocenters. The second-order valence-corrected chi connectivity index (χ2v) is 7.21. The van der Waals surface area contributed by atoms with Gasteiger partial charge in [0.1, 0.15) is 0 Å². The predicted octanol–water partition coefficient (Wildman–Crippen LogP) is 4.74.